The molecule has 0 aliphatic carbocycles. The molecule has 0 atom stereocenters. The van der Waals surface area contributed by atoms with Gasteiger partial charge < -0.3 is 14.5 Å². The lowest BCUT2D eigenvalue weighted by Crippen LogP contribution is -2.28. The number of amides is 1. The Balaban J connectivity index is 1.41. The number of rotatable bonds is 7. The lowest BCUT2D eigenvalue weighted by atomic mass is 10.2. The first-order valence-corrected chi connectivity index (χ1v) is 9.88. The summed E-state index contributed by atoms with van der Waals surface area (Å²) in [5.41, 5.74) is -0.291. The average Bonchev–Trinajstić information content (AvgIpc) is 3.44. The SMILES string of the molecule is O=C(COc1cc(C(F)(F)F)nn1-c1ccccc1Cl)NCc1nnc(-c2ccccc2)o1. The van der Waals surface area contributed by atoms with Crippen LogP contribution >= 0.6 is 11.6 Å². The van der Waals surface area contributed by atoms with Gasteiger partial charge in [-0.3, -0.25) is 4.79 Å². The van der Waals surface area contributed by atoms with Gasteiger partial charge >= 0.3 is 6.18 Å². The molecule has 8 nitrogen and oxygen atoms in total. The molecule has 4 aromatic rings. The average molecular weight is 478 g/mol. The third kappa shape index (κ3) is 5.32. The Morgan fingerprint density at radius 2 is 1.82 bits per heavy atom. The Hall–Kier alpha value is -3.86. The Kier molecular flexibility index (Phi) is 6.31. The number of carbonyl (C=O) groups is 1. The van der Waals surface area contributed by atoms with Crippen LogP contribution in [-0.2, 0) is 17.5 Å². The van der Waals surface area contributed by atoms with Crippen LogP contribution in [0.3, 0.4) is 0 Å². The number of carbonyl (C=O) groups excluding carboxylic acids is 1. The molecule has 170 valence electrons. The van der Waals surface area contributed by atoms with Crippen LogP contribution in [0.2, 0.25) is 5.02 Å². The highest BCUT2D eigenvalue weighted by molar-refractivity contribution is 6.32. The minimum absolute atomic E-state index is 0.0837. The molecule has 0 aliphatic heterocycles. The van der Waals surface area contributed by atoms with Crippen LogP contribution in [-0.4, -0.2) is 32.5 Å². The zero-order valence-electron chi connectivity index (χ0n) is 16.7. The molecular formula is C21H15ClF3N5O3. The van der Waals surface area contributed by atoms with Gasteiger partial charge in [0.25, 0.3) is 5.91 Å². The summed E-state index contributed by atoms with van der Waals surface area (Å²) in [4.78, 5) is 12.2. The Bertz CT molecular complexity index is 1260. The molecule has 2 aromatic carbocycles. The van der Waals surface area contributed by atoms with Gasteiger partial charge in [0.2, 0.25) is 17.7 Å². The fourth-order valence-corrected chi connectivity index (χ4v) is 3.00. The molecule has 2 aromatic heterocycles. The summed E-state index contributed by atoms with van der Waals surface area (Å²) in [6.07, 6.45) is -4.71. The largest absolute Gasteiger partial charge is 0.467 e. The molecule has 0 saturated heterocycles. The fourth-order valence-electron chi connectivity index (χ4n) is 2.79. The zero-order valence-corrected chi connectivity index (χ0v) is 17.5. The van der Waals surface area contributed by atoms with Crippen LogP contribution in [0.4, 0.5) is 13.2 Å². The van der Waals surface area contributed by atoms with Crippen molar-refractivity contribution in [2.45, 2.75) is 12.7 Å². The topological polar surface area (TPSA) is 95.1 Å². The minimum Gasteiger partial charge on any atom is -0.467 e. The van der Waals surface area contributed by atoms with Gasteiger partial charge in [-0.1, -0.05) is 41.9 Å². The molecule has 0 spiro atoms. The van der Waals surface area contributed by atoms with Crippen LogP contribution in [0.15, 0.2) is 65.1 Å². The lowest BCUT2D eigenvalue weighted by Gasteiger charge is -2.10. The van der Waals surface area contributed by atoms with Crippen LogP contribution in [0, 0.1) is 0 Å². The number of hydrogen-bond acceptors (Lipinski definition) is 6. The van der Waals surface area contributed by atoms with E-state index in [1.165, 1.54) is 12.1 Å². The maximum atomic E-state index is 13.2. The van der Waals surface area contributed by atoms with E-state index in [0.29, 0.717) is 12.0 Å². The first-order valence-electron chi connectivity index (χ1n) is 9.51. The smallest absolute Gasteiger partial charge is 0.435 e. The van der Waals surface area contributed by atoms with Crippen LogP contribution in [0.25, 0.3) is 17.1 Å². The summed E-state index contributed by atoms with van der Waals surface area (Å²) >= 11 is 6.08. The van der Waals surface area contributed by atoms with Crippen molar-refractivity contribution in [3.8, 4) is 23.0 Å². The minimum atomic E-state index is -4.71. The Morgan fingerprint density at radius 3 is 2.55 bits per heavy atom. The molecule has 4 rings (SSSR count). The van der Waals surface area contributed by atoms with Gasteiger partial charge in [0, 0.05) is 11.6 Å². The van der Waals surface area contributed by atoms with Crippen molar-refractivity contribution in [1.82, 2.24) is 25.3 Å². The van der Waals surface area contributed by atoms with E-state index in [9.17, 15) is 18.0 Å². The van der Waals surface area contributed by atoms with E-state index in [1.54, 1.807) is 24.3 Å². The van der Waals surface area contributed by atoms with Gasteiger partial charge in [-0.25, -0.2) is 0 Å². The predicted molar refractivity (Wildman–Crippen MR) is 111 cm³/mol. The number of nitrogens with zero attached hydrogens (tertiary/aromatic N) is 4. The monoisotopic (exact) mass is 477 g/mol. The second-order valence-electron chi connectivity index (χ2n) is 6.66. The number of para-hydroxylation sites is 1. The number of alkyl halides is 3. The molecule has 2 heterocycles. The zero-order chi connectivity index (χ0) is 23.4. The summed E-state index contributed by atoms with van der Waals surface area (Å²) < 4.78 is 51.2. The molecule has 0 radical (unpaired) electrons. The third-order valence-electron chi connectivity index (χ3n) is 4.32. The van der Waals surface area contributed by atoms with Crippen molar-refractivity contribution < 1.29 is 27.1 Å². The number of aromatic nitrogens is 4. The number of ether oxygens (including phenoxy) is 1. The summed E-state index contributed by atoms with van der Waals surface area (Å²) in [6, 6.07) is 15.9. The molecule has 0 fully saturated rings. The van der Waals surface area contributed by atoms with E-state index in [0.717, 1.165) is 10.2 Å². The maximum Gasteiger partial charge on any atom is 0.435 e. The first kappa shape index (κ1) is 22.3. The van der Waals surface area contributed by atoms with Crippen molar-refractivity contribution in [2.75, 3.05) is 6.61 Å². The van der Waals surface area contributed by atoms with E-state index in [-0.39, 0.29) is 29.0 Å². The molecular weight excluding hydrogens is 463 g/mol. The van der Waals surface area contributed by atoms with Gasteiger partial charge in [0.1, 0.15) is 0 Å². The van der Waals surface area contributed by atoms with Gasteiger partial charge in [-0.15, -0.1) is 10.2 Å². The quantitative estimate of drug-likeness (QED) is 0.426. The van der Waals surface area contributed by atoms with E-state index in [2.05, 4.69) is 20.6 Å². The molecule has 33 heavy (non-hydrogen) atoms. The molecule has 12 heteroatoms. The third-order valence-corrected chi connectivity index (χ3v) is 4.64. The van der Waals surface area contributed by atoms with Crippen molar-refractivity contribution in [3.05, 3.63) is 77.3 Å². The standard InChI is InChI=1S/C21H15ClF3N5O3/c22-14-8-4-5-9-15(14)30-19(10-16(29-30)21(23,24)25)32-12-17(31)26-11-18-27-28-20(33-18)13-6-2-1-3-7-13/h1-10H,11-12H2,(H,26,31). The highest BCUT2D eigenvalue weighted by Gasteiger charge is 2.36. The van der Waals surface area contributed by atoms with Crippen molar-refractivity contribution in [3.63, 3.8) is 0 Å². The van der Waals surface area contributed by atoms with Crippen LogP contribution in [0.1, 0.15) is 11.6 Å². The maximum absolute atomic E-state index is 13.2. The second kappa shape index (κ2) is 9.33. The van der Waals surface area contributed by atoms with E-state index < -0.39 is 24.4 Å². The molecule has 0 unspecified atom stereocenters. The number of hydrogen-bond donors (Lipinski definition) is 1. The van der Waals surface area contributed by atoms with Crippen molar-refractivity contribution in [2.24, 2.45) is 0 Å². The molecule has 1 N–H and O–H groups in total. The highest BCUT2D eigenvalue weighted by atomic mass is 35.5. The number of benzene rings is 2. The van der Waals surface area contributed by atoms with Gasteiger partial charge in [0.15, 0.2) is 12.3 Å². The van der Waals surface area contributed by atoms with E-state index in [4.69, 9.17) is 20.8 Å². The lowest BCUT2D eigenvalue weighted by molar-refractivity contribution is -0.141. The van der Waals surface area contributed by atoms with Gasteiger partial charge in [0.05, 0.1) is 17.3 Å². The molecule has 0 saturated carbocycles. The number of nitrogens with one attached hydrogen (secondary N) is 1. The van der Waals surface area contributed by atoms with E-state index >= 15 is 0 Å². The van der Waals surface area contributed by atoms with Crippen molar-refractivity contribution >= 4 is 17.5 Å². The second-order valence-corrected chi connectivity index (χ2v) is 7.07. The normalized spacial score (nSPS) is 11.4. The predicted octanol–water partition coefficient (Wildman–Crippen LogP) is 4.29. The molecule has 0 aliphatic rings. The van der Waals surface area contributed by atoms with Crippen LogP contribution in [0.5, 0.6) is 5.88 Å². The first-order chi connectivity index (χ1) is 15.8. The van der Waals surface area contributed by atoms with E-state index in [1.807, 2.05) is 18.2 Å². The Labute approximate surface area is 189 Å². The summed E-state index contributed by atoms with van der Waals surface area (Å²) in [5, 5.41) is 14.0. The molecule has 1 amide bonds. The van der Waals surface area contributed by atoms with Gasteiger partial charge in [-0.2, -0.15) is 23.0 Å². The van der Waals surface area contributed by atoms with Gasteiger partial charge in [-0.05, 0) is 24.3 Å². The summed E-state index contributed by atoms with van der Waals surface area (Å²) in [5.74, 6) is -0.466. The highest BCUT2D eigenvalue weighted by Crippen LogP contribution is 2.33. The summed E-state index contributed by atoms with van der Waals surface area (Å²) in [6.45, 7) is -0.660. The van der Waals surface area contributed by atoms with Crippen molar-refractivity contribution in [1.29, 1.82) is 0 Å². The number of halogens is 4. The fraction of sp³-hybridized carbons (Fsp3) is 0.143. The molecule has 0 bridgehead atoms. The van der Waals surface area contributed by atoms with Crippen LogP contribution < -0.4 is 10.1 Å². The Morgan fingerprint density at radius 1 is 1.09 bits per heavy atom. The summed E-state index contributed by atoms with van der Waals surface area (Å²) in [7, 11) is 0.